The number of hydrogen-bond acceptors (Lipinski definition) is 4. The number of aromatic nitrogens is 2. The number of rotatable bonds is 6. The molecule has 1 aromatic heterocycles. The maximum atomic E-state index is 12.0. The maximum Gasteiger partial charge on any atom is 0.221 e. The summed E-state index contributed by atoms with van der Waals surface area (Å²) in [7, 11) is 0. The third-order valence-electron chi connectivity index (χ3n) is 3.82. The zero-order valence-electron chi connectivity index (χ0n) is 13.5. The van der Waals surface area contributed by atoms with E-state index in [9.17, 15) is 4.79 Å². The molecular weight excluding hydrogens is 328 g/mol. The lowest BCUT2D eigenvalue weighted by Gasteiger charge is -2.23. The minimum atomic E-state index is 0. The quantitative estimate of drug-likeness (QED) is 0.825. The summed E-state index contributed by atoms with van der Waals surface area (Å²) >= 11 is 0. The largest absolute Gasteiger partial charge is 0.378 e. The predicted octanol–water partition coefficient (Wildman–Crippen LogP) is 1.35. The van der Waals surface area contributed by atoms with Crippen LogP contribution in [0.1, 0.15) is 17.5 Å². The summed E-state index contributed by atoms with van der Waals surface area (Å²) in [4.78, 5) is 12.0. The van der Waals surface area contributed by atoms with E-state index in [-0.39, 0.29) is 24.4 Å². The second kappa shape index (κ2) is 9.42. The molecule has 1 atom stereocenters. The van der Waals surface area contributed by atoms with Crippen LogP contribution in [0.5, 0.6) is 0 Å². The van der Waals surface area contributed by atoms with E-state index in [1.165, 1.54) is 5.56 Å². The lowest BCUT2D eigenvalue weighted by molar-refractivity contribution is -0.122. The van der Waals surface area contributed by atoms with Crippen molar-refractivity contribution in [3.05, 3.63) is 53.9 Å². The van der Waals surface area contributed by atoms with Crippen LogP contribution in [0.15, 0.2) is 42.7 Å². The Morgan fingerprint density at radius 2 is 2.25 bits per heavy atom. The SMILES string of the molecule is Cl.O=C(CC1COCCN1)NCc1cccc(Cn2cccn2)c1. The number of benzene rings is 1. The Balaban J connectivity index is 0.00000208. The summed E-state index contributed by atoms with van der Waals surface area (Å²) in [5.41, 5.74) is 2.26. The molecule has 1 aromatic carbocycles. The Morgan fingerprint density at radius 3 is 3.00 bits per heavy atom. The van der Waals surface area contributed by atoms with Crippen LogP contribution >= 0.6 is 12.4 Å². The smallest absolute Gasteiger partial charge is 0.221 e. The summed E-state index contributed by atoms with van der Waals surface area (Å²) in [6.45, 7) is 3.42. The van der Waals surface area contributed by atoms with Crippen LogP contribution in [-0.4, -0.2) is 41.5 Å². The summed E-state index contributed by atoms with van der Waals surface area (Å²) in [6, 6.07) is 10.2. The summed E-state index contributed by atoms with van der Waals surface area (Å²) in [6.07, 6.45) is 4.16. The molecule has 1 aliphatic heterocycles. The summed E-state index contributed by atoms with van der Waals surface area (Å²) < 4.78 is 7.24. The number of amides is 1. The molecule has 130 valence electrons. The van der Waals surface area contributed by atoms with Gasteiger partial charge in [0.25, 0.3) is 0 Å². The number of nitrogens with zero attached hydrogens (tertiary/aromatic N) is 2. The number of ether oxygens (including phenoxy) is 1. The highest BCUT2D eigenvalue weighted by Gasteiger charge is 2.16. The average Bonchev–Trinajstić information content (AvgIpc) is 3.07. The van der Waals surface area contributed by atoms with Crippen molar-refractivity contribution in [1.82, 2.24) is 20.4 Å². The van der Waals surface area contributed by atoms with E-state index in [4.69, 9.17) is 4.74 Å². The average molecular weight is 351 g/mol. The van der Waals surface area contributed by atoms with E-state index in [1.54, 1.807) is 6.20 Å². The van der Waals surface area contributed by atoms with Gasteiger partial charge in [-0.25, -0.2) is 0 Å². The molecule has 1 saturated heterocycles. The first-order valence-electron chi connectivity index (χ1n) is 7.93. The van der Waals surface area contributed by atoms with Crippen LogP contribution < -0.4 is 10.6 Å². The lowest BCUT2D eigenvalue weighted by atomic mass is 10.1. The number of carbonyl (C=O) groups excluding carboxylic acids is 1. The number of morpholine rings is 1. The van der Waals surface area contributed by atoms with E-state index in [0.29, 0.717) is 19.6 Å². The van der Waals surface area contributed by atoms with Gasteiger partial charge >= 0.3 is 0 Å². The summed E-state index contributed by atoms with van der Waals surface area (Å²) in [5, 5.41) is 10.5. The molecule has 6 nitrogen and oxygen atoms in total. The van der Waals surface area contributed by atoms with Crippen molar-refractivity contribution in [3.8, 4) is 0 Å². The second-order valence-corrected chi connectivity index (χ2v) is 5.73. The lowest BCUT2D eigenvalue weighted by Crippen LogP contribution is -2.44. The van der Waals surface area contributed by atoms with Crippen LogP contribution in [0.3, 0.4) is 0 Å². The van der Waals surface area contributed by atoms with Crippen LogP contribution in [0, 0.1) is 0 Å². The van der Waals surface area contributed by atoms with Gasteiger partial charge < -0.3 is 15.4 Å². The predicted molar refractivity (Wildman–Crippen MR) is 94.1 cm³/mol. The Hall–Kier alpha value is -1.89. The Morgan fingerprint density at radius 1 is 1.38 bits per heavy atom. The number of carbonyl (C=O) groups is 1. The van der Waals surface area contributed by atoms with Gasteiger partial charge in [-0.05, 0) is 17.2 Å². The first-order valence-corrected chi connectivity index (χ1v) is 7.93. The molecule has 7 heteroatoms. The highest BCUT2D eigenvalue weighted by Crippen LogP contribution is 2.07. The molecular formula is C17H23ClN4O2. The third-order valence-corrected chi connectivity index (χ3v) is 3.82. The van der Waals surface area contributed by atoms with Crippen LogP contribution in [-0.2, 0) is 22.6 Å². The molecule has 24 heavy (non-hydrogen) atoms. The highest BCUT2D eigenvalue weighted by molar-refractivity contribution is 5.85. The Bertz CT molecular complexity index is 627. The van der Waals surface area contributed by atoms with Gasteiger partial charge in [0.05, 0.1) is 19.8 Å². The molecule has 1 amide bonds. The number of halogens is 1. The molecule has 1 fully saturated rings. The fraction of sp³-hybridized carbons (Fsp3) is 0.412. The topological polar surface area (TPSA) is 68.2 Å². The first-order chi connectivity index (χ1) is 11.3. The van der Waals surface area contributed by atoms with Crippen molar-refractivity contribution < 1.29 is 9.53 Å². The molecule has 0 saturated carbocycles. The van der Waals surface area contributed by atoms with Gasteiger partial charge in [0.15, 0.2) is 0 Å². The van der Waals surface area contributed by atoms with Gasteiger partial charge in [0.2, 0.25) is 5.91 Å². The van der Waals surface area contributed by atoms with Crippen LogP contribution in [0.25, 0.3) is 0 Å². The second-order valence-electron chi connectivity index (χ2n) is 5.73. The normalized spacial score (nSPS) is 17.1. The van der Waals surface area contributed by atoms with Gasteiger partial charge in [-0.15, -0.1) is 12.4 Å². The van der Waals surface area contributed by atoms with E-state index < -0.39 is 0 Å². The molecule has 2 aromatic rings. The van der Waals surface area contributed by atoms with Gasteiger partial charge in [-0.3, -0.25) is 9.48 Å². The van der Waals surface area contributed by atoms with Crippen LogP contribution in [0.4, 0.5) is 0 Å². The van der Waals surface area contributed by atoms with Crippen molar-refractivity contribution in [2.45, 2.75) is 25.6 Å². The molecule has 1 aliphatic rings. The molecule has 0 bridgehead atoms. The fourth-order valence-corrected chi connectivity index (χ4v) is 2.67. The number of nitrogens with one attached hydrogen (secondary N) is 2. The molecule has 0 aliphatic carbocycles. The standard InChI is InChI=1S/C17H22N4O2.ClH/c22-17(10-16-13-23-8-6-18-16)19-11-14-3-1-4-15(9-14)12-21-7-2-5-20-21;/h1-5,7,9,16,18H,6,8,10-13H2,(H,19,22);1H. The first kappa shape index (κ1) is 18.4. The van der Waals surface area contributed by atoms with E-state index in [1.807, 2.05) is 29.1 Å². The van der Waals surface area contributed by atoms with Gasteiger partial charge in [-0.1, -0.05) is 24.3 Å². The van der Waals surface area contributed by atoms with Crippen molar-refractivity contribution in [3.63, 3.8) is 0 Å². The van der Waals surface area contributed by atoms with Gasteiger partial charge in [0.1, 0.15) is 0 Å². The van der Waals surface area contributed by atoms with Crippen molar-refractivity contribution >= 4 is 18.3 Å². The monoisotopic (exact) mass is 350 g/mol. The molecule has 2 N–H and O–H groups in total. The van der Waals surface area contributed by atoms with Crippen molar-refractivity contribution in [2.75, 3.05) is 19.8 Å². The molecule has 0 spiro atoms. The van der Waals surface area contributed by atoms with Crippen molar-refractivity contribution in [1.29, 1.82) is 0 Å². The van der Waals surface area contributed by atoms with Crippen molar-refractivity contribution in [2.24, 2.45) is 0 Å². The maximum absolute atomic E-state index is 12.0. The molecule has 3 rings (SSSR count). The Labute approximate surface area is 148 Å². The zero-order chi connectivity index (χ0) is 15.9. The minimum absolute atomic E-state index is 0. The van der Waals surface area contributed by atoms with E-state index in [2.05, 4.69) is 27.9 Å². The third kappa shape index (κ3) is 5.63. The van der Waals surface area contributed by atoms with Gasteiger partial charge in [0, 0.05) is 37.9 Å². The number of hydrogen-bond donors (Lipinski definition) is 2. The molecule has 1 unspecified atom stereocenters. The van der Waals surface area contributed by atoms with Crippen LogP contribution in [0.2, 0.25) is 0 Å². The molecule has 0 radical (unpaired) electrons. The van der Waals surface area contributed by atoms with E-state index in [0.717, 1.165) is 25.3 Å². The van der Waals surface area contributed by atoms with Gasteiger partial charge in [-0.2, -0.15) is 5.10 Å². The molecule has 2 heterocycles. The summed E-state index contributed by atoms with van der Waals surface area (Å²) in [5.74, 6) is 0.0467. The van der Waals surface area contributed by atoms with E-state index >= 15 is 0 Å². The Kier molecular flexibility index (Phi) is 7.24. The highest BCUT2D eigenvalue weighted by atomic mass is 35.5. The minimum Gasteiger partial charge on any atom is -0.378 e. The zero-order valence-corrected chi connectivity index (χ0v) is 14.3. The fourth-order valence-electron chi connectivity index (χ4n) is 2.67.